The summed E-state index contributed by atoms with van der Waals surface area (Å²) in [6, 6.07) is 12.7. The normalized spacial score (nSPS) is 11.5. The zero-order valence-electron chi connectivity index (χ0n) is 13.8. The van der Waals surface area contributed by atoms with Crippen molar-refractivity contribution in [1.29, 1.82) is 0 Å². The molecule has 5 nitrogen and oxygen atoms in total. The maximum Gasteiger partial charge on any atom is 0.317 e. The molecular formula is C18H18FNO4S. The number of ether oxygens (including phenoxy) is 2. The van der Waals surface area contributed by atoms with Crippen LogP contribution in [0.4, 0.5) is 10.1 Å². The van der Waals surface area contributed by atoms with Crippen LogP contribution in [0.3, 0.4) is 0 Å². The molecule has 1 atom stereocenters. The standard InChI is InChI=1S/C18H18FNO4S/c1-12(18(22)20-14-5-3-4-13(19)10-14)24-17(21)11-25-16-8-6-15(23-2)7-9-16/h3-10,12H,11H2,1-2H3,(H,20,22)/t12-/m1/s1. The van der Waals surface area contributed by atoms with E-state index >= 15 is 0 Å². The van der Waals surface area contributed by atoms with Crippen LogP contribution in [-0.2, 0) is 14.3 Å². The van der Waals surface area contributed by atoms with Crippen molar-refractivity contribution in [2.24, 2.45) is 0 Å². The number of amides is 1. The Bertz CT molecular complexity index is 736. The molecule has 0 spiro atoms. The number of thioether (sulfide) groups is 1. The van der Waals surface area contributed by atoms with Crippen molar-refractivity contribution in [2.75, 3.05) is 18.2 Å². The highest BCUT2D eigenvalue weighted by atomic mass is 32.2. The molecule has 0 aliphatic carbocycles. The van der Waals surface area contributed by atoms with Gasteiger partial charge in [0.25, 0.3) is 5.91 Å². The predicted octanol–water partition coefficient (Wildman–Crippen LogP) is 3.50. The van der Waals surface area contributed by atoms with E-state index in [2.05, 4.69) is 5.32 Å². The highest BCUT2D eigenvalue weighted by Crippen LogP contribution is 2.21. The van der Waals surface area contributed by atoms with Crippen LogP contribution in [0.5, 0.6) is 5.75 Å². The molecule has 2 rings (SSSR count). The van der Waals surface area contributed by atoms with E-state index in [1.54, 1.807) is 25.3 Å². The first-order valence-electron chi connectivity index (χ1n) is 7.50. The minimum absolute atomic E-state index is 0.0733. The molecule has 0 aromatic heterocycles. The Kier molecular flexibility index (Phi) is 6.82. The second-order valence-electron chi connectivity index (χ2n) is 5.10. The summed E-state index contributed by atoms with van der Waals surface area (Å²) in [5.41, 5.74) is 0.306. The number of esters is 1. The van der Waals surface area contributed by atoms with Crippen molar-refractivity contribution in [3.8, 4) is 5.75 Å². The third-order valence-electron chi connectivity index (χ3n) is 3.19. The number of hydrogen-bond acceptors (Lipinski definition) is 5. The van der Waals surface area contributed by atoms with Crippen LogP contribution < -0.4 is 10.1 Å². The van der Waals surface area contributed by atoms with Gasteiger partial charge in [-0.15, -0.1) is 11.8 Å². The first-order chi connectivity index (χ1) is 12.0. The van der Waals surface area contributed by atoms with Crippen molar-refractivity contribution in [2.45, 2.75) is 17.9 Å². The Balaban J connectivity index is 1.79. The van der Waals surface area contributed by atoms with Crippen LogP contribution in [0.2, 0.25) is 0 Å². The van der Waals surface area contributed by atoms with E-state index in [4.69, 9.17) is 9.47 Å². The smallest absolute Gasteiger partial charge is 0.317 e. The molecule has 0 bridgehead atoms. The molecule has 0 unspecified atom stereocenters. The summed E-state index contributed by atoms with van der Waals surface area (Å²) in [7, 11) is 1.58. The number of halogens is 1. The molecule has 0 radical (unpaired) electrons. The SMILES string of the molecule is COc1ccc(SCC(=O)O[C@H](C)C(=O)Nc2cccc(F)c2)cc1. The Hall–Kier alpha value is -2.54. The zero-order valence-corrected chi connectivity index (χ0v) is 14.6. The molecule has 0 aliphatic rings. The maximum absolute atomic E-state index is 13.1. The number of nitrogens with one attached hydrogen (secondary N) is 1. The van der Waals surface area contributed by atoms with Crippen LogP contribution in [-0.4, -0.2) is 30.8 Å². The van der Waals surface area contributed by atoms with Gasteiger partial charge < -0.3 is 14.8 Å². The molecular weight excluding hydrogens is 345 g/mol. The first kappa shape index (κ1) is 18.8. The van der Waals surface area contributed by atoms with Gasteiger partial charge >= 0.3 is 5.97 Å². The fraction of sp³-hybridized carbons (Fsp3) is 0.222. The lowest BCUT2D eigenvalue weighted by Crippen LogP contribution is -2.30. The monoisotopic (exact) mass is 363 g/mol. The fourth-order valence-electron chi connectivity index (χ4n) is 1.91. The summed E-state index contributed by atoms with van der Waals surface area (Å²) >= 11 is 1.30. The molecule has 2 aromatic rings. The third kappa shape index (κ3) is 6.11. The Morgan fingerprint density at radius 1 is 1.20 bits per heavy atom. The number of carbonyl (C=O) groups is 2. The molecule has 0 fully saturated rings. The van der Waals surface area contributed by atoms with E-state index in [-0.39, 0.29) is 5.75 Å². The van der Waals surface area contributed by atoms with Crippen LogP contribution in [0.25, 0.3) is 0 Å². The molecule has 132 valence electrons. The predicted molar refractivity (Wildman–Crippen MR) is 94.3 cm³/mol. The summed E-state index contributed by atoms with van der Waals surface area (Å²) in [6.07, 6.45) is -0.979. The number of carbonyl (C=O) groups excluding carboxylic acids is 2. The van der Waals surface area contributed by atoms with Gasteiger partial charge in [-0.25, -0.2) is 4.39 Å². The van der Waals surface area contributed by atoms with Gasteiger partial charge in [-0.2, -0.15) is 0 Å². The van der Waals surface area contributed by atoms with E-state index in [0.717, 1.165) is 10.6 Å². The van der Waals surface area contributed by atoms with Crippen LogP contribution in [0.1, 0.15) is 6.92 Å². The third-order valence-corrected chi connectivity index (χ3v) is 4.17. The number of rotatable bonds is 7. The molecule has 0 saturated heterocycles. The van der Waals surface area contributed by atoms with Gasteiger partial charge in [-0.3, -0.25) is 9.59 Å². The number of anilines is 1. The molecule has 7 heteroatoms. The van der Waals surface area contributed by atoms with Crippen molar-refractivity contribution in [3.63, 3.8) is 0 Å². The van der Waals surface area contributed by atoms with E-state index in [1.807, 2.05) is 12.1 Å². The van der Waals surface area contributed by atoms with E-state index in [0.29, 0.717) is 5.69 Å². The molecule has 0 heterocycles. The van der Waals surface area contributed by atoms with Gasteiger partial charge in [0.15, 0.2) is 6.10 Å². The summed E-state index contributed by atoms with van der Waals surface area (Å²) < 4.78 is 23.2. The molecule has 25 heavy (non-hydrogen) atoms. The molecule has 1 N–H and O–H groups in total. The van der Waals surface area contributed by atoms with Gasteiger partial charge in [0.1, 0.15) is 11.6 Å². The topological polar surface area (TPSA) is 64.6 Å². The quantitative estimate of drug-likeness (QED) is 0.603. The average Bonchev–Trinajstić information content (AvgIpc) is 2.60. The summed E-state index contributed by atoms with van der Waals surface area (Å²) in [5.74, 6) is -0.687. The van der Waals surface area contributed by atoms with Gasteiger partial charge in [-0.1, -0.05) is 6.07 Å². The van der Waals surface area contributed by atoms with E-state index in [1.165, 1.54) is 36.9 Å². The highest BCUT2D eigenvalue weighted by molar-refractivity contribution is 8.00. The van der Waals surface area contributed by atoms with Crippen molar-refractivity contribution < 1.29 is 23.5 Å². The Labute approximate surface area is 149 Å². The van der Waals surface area contributed by atoms with Crippen LogP contribution >= 0.6 is 11.8 Å². The van der Waals surface area contributed by atoms with Crippen LogP contribution in [0.15, 0.2) is 53.4 Å². The summed E-state index contributed by atoms with van der Waals surface area (Å²) in [6.45, 7) is 1.46. The molecule has 1 amide bonds. The number of methoxy groups -OCH3 is 1. The van der Waals surface area contributed by atoms with Gasteiger partial charge in [0.2, 0.25) is 0 Å². The average molecular weight is 363 g/mol. The van der Waals surface area contributed by atoms with Gasteiger partial charge in [-0.05, 0) is 49.4 Å². The fourth-order valence-corrected chi connectivity index (χ4v) is 2.59. The number of benzene rings is 2. The minimum atomic E-state index is -0.979. The lowest BCUT2D eigenvalue weighted by molar-refractivity contribution is -0.150. The second-order valence-corrected chi connectivity index (χ2v) is 6.14. The van der Waals surface area contributed by atoms with Crippen molar-refractivity contribution >= 4 is 29.3 Å². The second kappa shape index (κ2) is 9.08. The lowest BCUT2D eigenvalue weighted by atomic mass is 10.3. The number of hydrogen-bond donors (Lipinski definition) is 1. The van der Waals surface area contributed by atoms with Gasteiger partial charge in [0, 0.05) is 10.6 Å². The Morgan fingerprint density at radius 2 is 1.92 bits per heavy atom. The largest absolute Gasteiger partial charge is 0.497 e. The zero-order chi connectivity index (χ0) is 18.2. The van der Waals surface area contributed by atoms with Crippen molar-refractivity contribution in [1.82, 2.24) is 0 Å². The Morgan fingerprint density at radius 3 is 2.56 bits per heavy atom. The van der Waals surface area contributed by atoms with Crippen molar-refractivity contribution in [3.05, 3.63) is 54.3 Å². The first-order valence-corrected chi connectivity index (χ1v) is 8.49. The lowest BCUT2D eigenvalue weighted by Gasteiger charge is -2.13. The minimum Gasteiger partial charge on any atom is -0.497 e. The molecule has 0 saturated carbocycles. The van der Waals surface area contributed by atoms with Gasteiger partial charge in [0.05, 0.1) is 12.9 Å². The maximum atomic E-state index is 13.1. The highest BCUT2D eigenvalue weighted by Gasteiger charge is 2.18. The van der Waals surface area contributed by atoms with Crippen LogP contribution in [0, 0.1) is 5.82 Å². The summed E-state index contributed by atoms with van der Waals surface area (Å²) in [5, 5.41) is 2.50. The molecule has 0 aliphatic heterocycles. The van der Waals surface area contributed by atoms with E-state index in [9.17, 15) is 14.0 Å². The summed E-state index contributed by atoms with van der Waals surface area (Å²) in [4.78, 5) is 24.7. The van der Waals surface area contributed by atoms with E-state index < -0.39 is 23.8 Å². The molecule has 2 aromatic carbocycles.